The van der Waals surface area contributed by atoms with E-state index in [-0.39, 0.29) is 12.2 Å². The van der Waals surface area contributed by atoms with Crippen molar-refractivity contribution in [1.29, 1.82) is 0 Å². The Labute approximate surface area is 153 Å². The fraction of sp³-hybridized carbons (Fsp3) is 0.222. The lowest BCUT2D eigenvalue weighted by molar-refractivity contribution is -0.137. The highest BCUT2D eigenvalue weighted by Gasteiger charge is 2.30. The number of alkyl halides is 3. The lowest BCUT2D eigenvalue weighted by atomic mass is 10.1. The quantitative estimate of drug-likeness (QED) is 0.723. The van der Waals surface area contributed by atoms with Gasteiger partial charge in [-0.05, 0) is 30.3 Å². The van der Waals surface area contributed by atoms with Crippen LogP contribution in [0.2, 0.25) is 0 Å². The molecule has 3 aromatic rings. The summed E-state index contributed by atoms with van der Waals surface area (Å²) in [5, 5.41) is 5.04. The monoisotopic (exact) mass is 378 g/mol. The van der Waals surface area contributed by atoms with Crippen LogP contribution in [-0.4, -0.2) is 22.7 Å². The number of anilines is 1. The van der Waals surface area contributed by atoms with Crippen molar-refractivity contribution >= 4 is 22.8 Å². The van der Waals surface area contributed by atoms with Crippen LogP contribution in [0.3, 0.4) is 0 Å². The van der Waals surface area contributed by atoms with Gasteiger partial charge in [-0.3, -0.25) is 0 Å². The van der Waals surface area contributed by atoms with Crippen molar-refractivity contribution in [2.75, 3.05) is 12.4 Å². The number of nitrogens with zero attached hydrogens (tertiary/aromatic N) is 2. The van der Waals surface area contributed by atoms with E-state index in [1.165, 1.54) is 19.2 Å². The van der Waals surface area contributed by atoms with Crippen LogP contribution in [0.5, 0.6) is 5.75 Å². The van der Waals surface area contributed by atoms with Crippen molar-refractivity contribution in [3.8, 4) is 5.75 Å². The van der Waals surface area contributed by atoms with E-state index >= 15 is 0 Å². The molecule has 0 aliphatic rings. The number of urea groups is 1. The lowest BCUT2D eigenvalue weighted by Crippen LogP contribution is -2.28. The Kier molecular flexibility index (Phi) is 4.93. The highest BCUT2D eigenvalue weighted by molar-refractivity contribution is 5.90. The van der Waals surface area contributed by atoms with Crippen LogP contribution in [0.4, 0.5) is 23.7 Å². The van der Waals surface area contributed by atoms with Gasteiger partial charge < -0.3 is 19.9 Å². The van der Waals surface area contributed by atoms with Crippen molar-refractivity contribution in [3.05, 3.63) is 53.9 Å². The van der Waals surface area contributed by atoms with Gasteiger partial charge in [0.05, 0.1) is 36.6 Å². The highest BCUT2D eigenvalue weighted by atomic mass is 19.4. The van der Waals surface area contributed by atoms with Gasteiger partial charge in [0.15, 0.2) is 0 Å². The van der Waals surface area contributed by atoms with Crippen LogP contribution in [0.25, 0.3) is 11.0 Å². The molecule has 0 fully saturated rings. The smallest absolute Gasteiger partial charge is 0.416 e. The Bertz CT molecular complexity index is 982. The van der Waals surface area contributed by atoms with Crippen LogP contribution >= 0.6 is 0 Å². The number of amides is 2. The minimum Gasteiger partial charge on any atom is -0.496 e. The summed E-state index contributed by atoms with van der Waals surface area (Å²) in [6.45, 7) is 0.116. The Hall–Kier alpha value is -3.23. The van der Waals surface area contributed by atoms with Gasteiger partial charge in [0.2, 0.25) is 0 Å². The van der Waals surface area contributed by atoms with Crippen LogP contribution in [0, 0.1) is 0 Å². The predicted octanol–water partition coefficient (Wildman–Crippen LogP) is 3.92. The molecule has 3 rings (SSSR count). The molecule has 0 aliphatic heterocycles. The molecule has 9 heteroatoms. The summed E-state index contributed by atoms with van der Waals surface area (Å²) < 4.78 is 45.4. The van der Waals surface area contributed by atoms with Crippen LogP contribution < -0.4 is 15.4 Å². The molecule has 0 spiro atoms. The number of imidazole rings is 1. The summed E-state index contributed by atoms with van der Waals surface area (Å²) >= 11 is 0. The minimum absolute atomic E-state index is 0.0491. The zero-order valence-electron chi connectivity index (χ0n) is 14.6. The number of carbonyl (C=O) groups is 1. The molecular formula is C18H17F3N4O2. The summed E-state index contributed by atoms with van der Waals surface area (Å²) in [4.78, 5) is 16.4. The average Bonchev–Trinajstić information content (AvgIpc) is 3.00. The van der Waals surface area contributed by atoms with Crippen LogP contribution in [0.1, 0.15) is 11.1 Å². The van der Waals surface area contributed by atoms with Gasteiger partial charge in [-0.25, -0.2) is 9.78 Å². The summed E-state index contributed by atoms with van der Waals surface area (Å²) in [5.74, 6) is 0.575. The molecule has 0 unspecified atom stereocenters. The van der Waals surface area contributed by atoms with Gasteiger partial charge in [0.25, 0.3) is 0 Å². The van der Waals surface area contributed by atoms with E-state index in [1.54, 1.807) is 23.0 Å². The summed E-state index contributed by atoms with van der Waals surface area (Å²) in [6.07, 6.45) is -2.83. The van der Waals surface area contributed by atoms with Crippen molar-refractivity contribution < 1.29 is 22.7 Å². The zero-order valence-corrected chi connectivity index (χ0v) is 14.6. The van der Waals surface area contributed by atoms with Crippen molar-refractivity contribution in [1.82, 2.24) is 14.9 Å². The first-order valence-corrected chi connectivity index (χ1v) is 7.98. The Balaban J connectivity index is 1.75. The Morgan fingerprint density at radius 2 is 2.04 bits per heavy atom. The van der Waals surface area contributed by atoms with Crippen molar-refractivity contribution in [2.24, 2.45) is 7.05 Å². The number of hydrogen-bond acceptors (Lipinski definition) is 3. The zero-order chi connectivity index (χ0) is 19.6. The van der Waals surface area contributed by atoms with Gasteiger partial charge in [-0.2, -0.15) is 13.2 Å². The molecule has 0 aliphatic carbocycles. The molecule has 142 valence electrons. The first-order chi connectivity index (χ1) is 12.8. The number of halogens is 3. The second kappa shape index (κ2) is 7.18. The molecule has 0 bridgehead atoms. The number of aryl methyl sites for hydroxylation is 1. The largest absolute Gasteiger partial charge is 0.496 e. The van der Waals surface area contributed by atoms with Crippen LogP contribution in [-0.2, 0) is 19.8 Å². The van der Waals surface area contributed by atoms with Gasteiger partial charge in [0, 0.05) is 18.3 Å². The molecule has 2 N–H and O–H groups in total. The number of benzene rings is 2. The normalized spacial score (nSPS) is 11.4. The van der Waals surface area contributed by atoms with E-state index in [9.17, 15) is 18.0 Å². The molecule has 0 saturated heterocycles. The standard InChI is InChI=1S/C18H17F3N4O2/c1-25-10-23-14-6-7-15(27-2)13(16(14)25)9-22-17(26)24-12-5-3-4-11(8-12)18(19,20)21/h3-8,10H,9H2,1-2H3,(H2,22,24,26). The van der Waals surface area contributed by atoms with Gasteiger partial charge in [-0.15, -0.1) is 0 Å². The number of fused-ring (bicyclic) bond motifs is 1. The fourth-order valence-electron chi connectivity index (χ4n) is 2.79. The second-order valence-corrected chi connectivity index (χ2v) is 5.86. The predicted molar refractivity (Wildman–Crippen MR) is 94.6 cm³/mol. The Morgan fingerprint density at radius 1 is 1.26 bits per heavy atom. The average molecular weight is 378 g/mol. The number of carbonyl (C=O) groups excluding carboxylic acids is 1. The maximum atomic E-state index is 12.8. The first kappa shape index (κ1) is 18.6. The molecule has 6 nitrogen and oxygen atoms in total. The molecular weight excluding hydrogens is 361 g/mol. The molecule has 1 aromatic heterocycles. The van der Waals surface area contributed by atoms with E-state index in [4.69, 9.17) is 4.74 Å². The first-order valence-electron chi connectivity index (χ1n) is 7.98. The van der Waals surface area contributed by atoms with Gasteiger partial charge >= 0.3 is 12.2 Å². The summed E-state index contributed by atoms with van der Waals surface area (Å²) in [6, 6.07) is 7.36. The Morgan fingerprint density at radius 3 is 2.74 bits per heavy atom. The number of methoxy groups -OCH3 is 1. The maximum absolute atomic E-state index is 12.8. The topological polar surface area (TPSA) is 68.2 Å². The fourth-order valence-corrected chi connectivity index (χ4v) is 2.79. The van der Waals surface area contributed by atoms with Gasteiger partial charge in [0.1, 0.15) is 5.75 Å². The number of rotatable bonds is 4. The van der Waals surface area contributed by atoms with E-state index in [0.717, 1.165) is 23.2 Å². The summed E-state index contributed by atoms with van der Waals surface area (Å²) in [7, 11) is 3.34. The summed E-state index contributed by atoms with van der Waals surface area (Å²) in [5.41, 5.74) is 1.48. The molecule has 0 radical (unpaired) electrons. The third kappa shape index (κ3) is 3.97. The molecule has 2 amide bonds. The lowest BCUT2D eigenvalue weighted by Gasteiger charge is -2.13. The third-order valence-electron chi connectivity index (χ3n) is 4.03. The third-order valence-corrected chi connectivity index (χ3v) is 4.03. The van der Waals surface area contributed by atoms with E-state index in [2.05, 4.69) is 15.6 Å². The van der Waals surface area contributed by atoms with Crippen LogP contribution in [0.15, 0.2) is 42.7 Å². The molecule has 1 heterocycles. The molecule has 27 heavy (non-hydrogen) atoms. The molecule has 0 saturated carbocycles. The SMILES string of the molecule is COc1ccc2ncn(C)c2c1CNC(=O)Nc1cccc(C(F)(F)F)c1. The molecule has 2 aromatic carbocycles. The number of aromatic nitrogens is 2. The van der Waals surface area contributed by atoms with E-state index in [1.807, 2.05) is 7.05 Å². The van der Waals surface area contributed by atoms with E-state index in [0.29, 0.717) is 11.3 Å². The molecule has 0 atom stereocenters. The van der Waals surface area contributed by atoms with Crippen molar-refractivity contribution in [2.45, 2.75) is 12.7 Å². The highest BCUT2D eigenvalue weighted by Crippen LogP contribution is 2.31. The number of nitrogens with one attached hydrogen (secondary N) is 2. The van der Waals surface area contributed by atoms with Crippen molar-refractivity contribution in [3.63, 3.8) is 0 Å². The maximum Gasteiger partial charge on any atom is 0.416 e. The number of hydrogen-bond donors (Lipinski definition) is 2. The second-order valence-electron chi connectivity index (χ2n) is 5.86. The number of ether oxygens (including phenoxy) is 1. The van der Waals surface area contributed by atoms with Gasteiger partial charge in [-0.1, -0.05) is 6.07 Å². The van der Waals surface area contributed by atoms with E-state index < -0.39 is 17.8 Å². The minimum atomic E-state index is -4.48.